The van der Waals surface area contributed by atoms with Crippen LogP contribution in [0.3, 0.4) is 0 Å². The smallest absolute Gasteiger partial charge is 0.126 e. The van der Waals surface area contributed by atoms with Gasteiger partial charge in [0.15, 0.2) is 0 Å². The standard InChI is InChI=1S/C27H45NO2/c1-16(2)7-6-8-17(3)20-11-12-21-19-10-9-18-15-23(28-29)24-25(30-24)27(18,5)22(19)13-14-26(20,21)4/h16-22,24-25,29H,6-15H2,1-5H3/b28-23-/t17-,18-,19-,20+,21-,22-,24-,25-,26+,27-/m0/s1. The first-order valence-corrected chi connectivity index (χ1v) is 13.2. The zero-order valence-corrected chi connectivity index (χ0v) is 20.1. The predicted molar refractivity (Wildman–Crippen MR) is 122 cm³/mol. The highest BCUT2D eigenvalue weighted by Crippen LogP contribution is 2.70. The molecule has 0 aromatic rings. The van der Waals surface area contributed by atoms with Crippen LogP contribution in [-0.4, -0.2) is 23.1 Å². The molecule has 1 saturated heterocycles. The second-order valence-electron chi connectivity index (χ2n) is 12.8. The molecule has 0 bridgehead atoms. The maximum absolute atomic E-state index is 9.43. The number of epoxide rings is 1. The molecular weight excluding hydrogens is 370 g/mol. The molecule has 5 aliphatic rings. The van der Waals surface area contributed by atoms with Gasteiger partial charge in [-0.05, 0) is 91.8 Å². The summed E-state index contributed by atoms with van der Waals surface area (Å²) >= 11 is 0. The highest BCUT2D eigenvalue weighted by atomic mass is 16.6. The molecule has 4 aliphatic carbocycles. The zero-order valence-electron chi connectivity index (χ0n) is 20.1. The zero-order chi connectivity index (χ0) is 21.3. The largest absolute Gasteiger partial charge is 0.411 e. The van der Waals surface area contributed by atoms with Crippen molar-refractivity contribution in [3.8, 4) is 0 Å². The second kappa shape index (κ2) is 7.49. The normalized spacial score (nSPS) is 51.8. The summed E-state index contributed by atoms with van der Waals surface area (Å²) in [5, 5.41) is 13.0. The minimum atomic E-state index is 0.126. The van der Waals surface area contributed by atoms with Crippen molar-refractivity contribution in [3.63, 3.8) is 0 Å². The quantitative estimate of drug-likeness (QED) is 0.301. The Labute approximate surface area is 184 Å². The molecule has 1 heterocycles. The van der Waals surface area contributed by atoms with E-state index in [4.69, 9.17) is 4.74 Å². The van der Waals surface area contributed by atoms with Crippen LogP contribution in [-0.2, 0) is 4.74 Å². The van der Waals surface area contributed by atoms with E-state index in [1.807, 2.05) is 0 Å². The van der Waals surface area contributed by atoms with E-state index in [0.717, 1.165) is 47.6 Å². The third kappa shape index (κ3) is 3.04. The summed E-state index contributed by atoms with van der Waals surface area (Å²) < 4.78 is 6.17. The van der Waals surface area contributed by atoms with Crippen molar-refractivity contribution in [1.29, 1.82) is 0 Å². The van der Waals surface area contributed by atoms with Crippen molar-refractivity contribution >= 4 is 5.71 Å². The maximum atomic E-state index is 9.43. The lowest BCUT2D eigenvalue weighted by molar-refractivity contribution is -0.109. The minimum absolute atomic E-state index is 0.126. The first kappa shape index (κ1) is 21.3. The molecule has 30 heavy (non-hydrogen) atoms. The van der Waals surface area contributed by atoms with E-state index >= 15 is 0 Å². The van der Waals surface area contributed by atoms with Crippen LogP contribution in [0, 0.1) is 52.3 Å². The molecule has 4 saturated carbocycles. The molecule has 1 N–H and O–H groups in total. The molecule has 3 nitrogen and oxygen atoms in total. The average Bonchev–Trinajstić information content (AvgIpc) is 3.43. The van der Waals surface area contributed by atoms with Crippen LogP contribution in [0.2, 0.25) is 0 Å². The predicted octanol–water partition coefficient (Wildman–Crippen LogP) is 6.93. The van der Waals surface area contributed by atoms with E-state index in [1.165, 1.54) is 57.8 Å². The Morgan fingerprint density at radius 2 is 1.83 bits per heavy atom. The Morgan fingerprint density at radius 1 is 1.03 bits per heavy atom. The number of oxime groups is 1. The number of hydrogen-bond donors (Lipinski definition) is 1. The van der Waals surface area contributed by atoms with Crippen LogP contribution in [0.5, 0.6) is 0 Å². The van der Waals surface area contributed by atoms with Gasteiger partial charge in [0.1, 0.15) is 6.10 Å². The molecule has 5 rings (SSSR count). The molecule has 0 aromatic carbocycles. The van der Waals surface area contributed by atoms with Gasteiger partial charge in [0.05, 0.1) is 11.8 Å². The second-order valence-corrected chi connectivity index (χ2v) is 12.8. The van der Waals surface area contributed by atoms with E-state index in [-0.39, 0.29) is 6.10 Å². The number of nitrogens with zero attached hydrogens (tertiary/aromatic N) is 1. The van der Waals surface area contributed by atoms with Crippen molar-refractivity contribution in [2.75, 3.05) is 0 Å². The third-order valence-corrected chi connectivity index (χ3v) is 11.2. The fourth-order valence-corrected chi connectivity index (χ4v) is 9.56. The van der Waals surface area contributed by atoms with Crippen molar-refractivity contribution in [2.45, 2.75) is 111 Å². The van der Waals surface area contributed by atoms with Gasteiger partial charge in [-0.1, -0.05) is 59.0 Å². The summed E-state index contributed by atoms with van der Waals surface area (Å²) in [4.78, 5) is 0. The van der Waals surface area contributed by atoms with Crippen molar-refractivity contribution in [1.82, 2.24) is 0 Å². The fraction of sp³-hybridized carbons (Fsp3) is 0.963. The van der Waals surface area contributed by atoms with Crippen LogP contribution < -0.4 is 0 Å². The van der Waals surface area contributed by atoms with E-state index < -0.39 is 0 Å². The van der Waals surface area contributed by atoms with Gasteiger partial charge in [0, 0.05) is 5.41 Å². The first-order chi connectivity index (χ1) is 14.3. The minimum Gasteiger partial charge on any atom is -0.411 e. The first-order valence-electron chi connectivity index (χ1n) is 13.2. The Kier molecular flexibility index (Phi) is 5.32. The summed E-state index contributed by atoms with van der Waals surface area (Å²) in [6.07, 6.45) is 14.1. The van der Waals surface area contributed by atoms with Crippen molar-refractivity contribution in [2.24, 2.45) is 57.4 Å². The summed E-state index contributed by atoms with van der Waals surface area (Å²) in [5.41, 5.74) is 1.81. The van der Waals surface area contributed by atoms with Crippen LogP contribution >= 0.6 is 0 Å². The topological polar surface area (TPSA) is 45.1 Å². The molecule has 170 valence electrons. The summed E-state index contributed by atoms with van der Waals surface area (Å²) in [5.74, 6) is 5.97. The highest BCUT2D eigenvalue weighted by Gasteiger charge is 2.69. The summed E-state index contributed by atoms with van der Waals surface area (Å²) in [6, 6.07) is 0. The number of hydrogen-bond acceptors (Lipinski definition) is 3. The molecule has 10 atom stereocenters. The summed E-state index contributed by atoms with van der Waals surface area (Å²) in [6.45, 7) is 12.5. The van der Waals surface area contributed by atoms with Gasteiger partial charge in [0.25, 0.3) is 0 Å². The Bertz CT molecular complexity index is 688. The Morgan fingerprint density at radius 3 is 2.57 bits per heavy atom. The summed E-state index contributed by atoms with van der Waals surface area (Å²) in [7, 11) is 0. The van der Waals surface area contributed by atoms with E-state index in [1.54, 1.807) is 0 Å². The lowest BCUT2D eigenvalue weighted by Gasteiger charge is -2.60. The number of fused-ring (bicyclic) bond motifs is 7. The fourth-order valence-electron chi connectivity index (χ4n) is 9.56. The highest BCUT2D eigenvalue weighted by molar-refractivity contribution is 5.92. The molecule has 5 fully saturated rings. The number of rotatable bonds is 5. The van der Waals surface area contributed by atoms with Gasteiger partial charge in [-0.3, -0.25) is 0 Å². The lowest BCUT2D eigenvalue weighted by atomic mass is 9.44. The SMILES string of the molecule is CC(C)CCC[C@H](C)[C@H]1CC[C@H]2[C@@H]3CC[C@H]4C/C(=N/O)[C@@H]5O[C@@H]5[C@]4(C)[C@H]3CC[C@]12C. The van der Waals surface area contributed by atoms with Gasteiger partial charge in [0.2, 0.25) is 0 Å². The van der Waals surface area contributed by atoms with Crippen molar-refractivity contribution < 1.29 is 9.94 Å². The van der Waals surface area contributed by atoms with Gasteiger partial charge in [-0.15, -0.1) is 0 Å². The molecule has 3 heteroatoms. The van der Waals surface area contributed by atoms with Crippen LogP contribution in [0.25, 0.3) is 0 Å². The van der Waals surface area contributed by atoms with E-state index in [2.05, 4.69) is 39.8 Å². The number of ether oxygens (including phenoxy) is 1. The molecular formula is C27H45NO2. The van der Waals surface area contributed by atoms with E-state index in [9.17, 15) is 5.21 Å². The van der Waals surface area contributed by atoms with Crippen LogP contribution in [0.1, 0.15) is 98.8 Å². The molecule has 0 aromatic heterocycles. The monoisotopic (exact) mass is 415 g/mol. The van der Waals surface area contributed by atoms with Gasteiger partial charge in [-0.25, -0.2) is 0 Å². The molecule has 0 amide bonds. The third-order valence-electron chi connectivity index (χ3n) is 11.2. The molecule has 0 spiro atoms. The maximum Gasteiger partial charge on any atom is 0.126 e. The lowest BCUT2D eigenvalue weighted by Crippen LogP contribution is -2.56. The van der Waals surface area contributed by atoms with Crippen LogP contribution in [0.15, 0.2) is 5.16 Å². The van der Waals surface area contributed by atoms with Crippen molar-refractivity contribution in [3.05, 3.63) is 0 Å². The van der Waals surface area contributed by atoms with E-state index in [0.29, 0.717) is 22.9 Å². The average molecular weight is 416 g/mol. The van der Waals surface area contributed by atoms with Gasteiger partial charge >= 0.3 is 0 Å². The van der Waals surface area contributed by atoms with Gasteiger partial charge in [-0.2, -0.15) is 0 Å². The molecule has 1 aliphatic heterocycles. The van der Waals surface area contributed by atoms with Crippen LogP contribution in [0.4, 0.5) is 0 Å². The molecule has 0 unspecified atom stereocenters. The molecule has 0 radical (unpaired) electrons. The Balaban J connectivity index is 1.32. The van der Waals surface area contributed by atoms with Gasteiger partial charge < -0.3 is 9.94 Å². The Hall–Kier alpha value is -0.570.